The highest BCUT2D eigenvalue weighted by atomic mass is 32.2. The van der Waals surface area contributed by atoms with Crippen LogP contribution in [0, 0.1) is 0 Å². The van der Waals surface area contributed by atoms with Gasteiger partial charge >= 0.3 is 0 Å². The van der Waals surface area contributed by atoms with Crippen LogP contribution in [0.3, 0.4) is 0 Å². The van der Waals surface area contributed by atoms with Gasteiger partial charge in [0.1, 0.15) is 0 Å². The van der Waals surface area contributed by atoms with Crippen LogP contribution in [0.15, 0.2) is 101 Å². The standard InChI is InChI=1S/C18H12S4/c1-2-8-14-13(7-1)19-17(20-14)11-5-6-12-18-21-15-9-3-4-10-16(15)22-18/h1-12H/b6-5+. The van der Waals surface area contributed by atoms with Crippen LogP contribution in [-0.2, 0) is 0 Å². The molecule has 0 aliphatic carbocycles. The number of allylic oxidation sites excluding steroid dienone is 4. The highest BCUT2D eigenvalue weighted by molar-refractivity contribution is 8.25. The fourth-order valence-electron chi connectivity index (χ4n) is 2.12. The summed E-state index contributed by atoms with van der Waals surface area (Å²) in [6, 6.07) is 17.1. The number of hydrogen-bond acceptors (Lipinski definition) is 4. The van der Waals surface area contributed by atoms with E-state index >= 15 is 0 Å². The Bertz CT molecular complexity index is 681. The monoisotopic (exact) mass is 356 g/mol. The van der Waals surface area contributed by atoms with Crippen LogP contribution in [0.25, 0.3) is 0 Å². The minimum Gasteiger partial charge on any atom is -0.0815 e. The van der Waals surface area contributed by atoms with E-state index in [-0.39, 0.29) is 0 Å². The molecule has 2 aliphatic rings. The summed E-state index contributed by atoms with van der Waals surface area (Å²) in [5.74, 6) is 0. The zero-order valence-corrected chi connectivity index (χ0v) is 14.8. The highest BCUT2D eigenvalue weighted by Crippen LogP contribution is 2.51. The molecular weight excluding hydrogens is 344 g/mol. The van der Waals surface area contributed by atoms with Gasteiger partial charge in [-0.05, 0) is 36.4 Å². The number of thioether (sulfide) groups is 4. The van der Waals surface area contributed by atoms with Gasteiger partial charge in [0.05, 0.1) is 0 Å². The third-order valence-electron chi connectivity index (χ3n) is 3.12. The summed E-state index contributed by atoms with van der Waals surface area (Å²) in [7, 11) is 0. The molecule has 4 rings (SSSR count). The topological polar surface area (TPSA) is 0 Å². The van der Waals surface area contributed by atoms with Crippen LogP contribution in [0.2, 0.25) is 0 Å². The largest absolute Gasteiger partial charge is 0.0815 e. The van der Waals surface area contributed by atoms with Crippen molar-refractivity contribution in [3.8, 4) is 0 Å². The number of benzene rings is 2. The van der Waals surface area contributed by atoms with Crippen molar-refractivity contribution in [1.82, 2.24) is 0 Å². The molecule has 0 saturated carbocycles. The van der Waals surface area contributed by atoms with Gasteiger partial charge < -0.3 is 0 Å². The SMILES string of the molecule is C(/C=C/C=C1Sc2ccccc2S1)=C1Sc2ccccc2S1. The van der Waals surface area contributed by atoms with Crippen molar-refractivity contribution in [1.29, 1.82) is 0 Å². The first kappa shape index (κ1) is 14.6. The molecule has 22 heavy (non-hydrogen) atoms. The van der Waals surface area contributed by atoms with E-state index < -0.39 is 0 Å². The van der Waals surface area contributed by atoms with Gasteiger partial charge in [0, 0.05) is 28.1 Å². The van der Waals surface area contributed by atoms with Crippen LogP contribution >= 0.6 is 47.0 Å². The quantitative estimate of drug-likeness (QED) is 0.566. The van der Waals surface area contributed by atoms with Crippen molar-refractivity contribution in [2.24, 2.45) is 0 Å². The molecule has 108 valence electrons. The normalized spacial score (nSPS) is 16.0. The van der Waals surface area contributed by atoms with E-state index in [0.29, 0.717) is 0 Å². The predicted molar refractivity (Wildman–Crippen MR) is 102 cm³/mol. The van der Waals surface area contributed by atoms with Crippen molar-refractivity contribution in [3.63, 3.8) is 0 Å². The molecule has 0 fully saturated rings. The van der Waals surface area contributed by atoms with Gasteiger partial charge in [-0.1, -0.05) is 83.5 Å². The first-order valence-electron chi connectivity index (χ1n) is 6.87. The van der Waals surface area contributed by atoms with Gasteiger partial charge in [-0.15, -0.1) is 0 Å². The third kappa shape index (κ3) is 3.20. The lowest BCUT2D eigenvalue weighted by atomic mass is 10.4. The van der Waals surface area contributed by atoms with Crippen molar-refractivity contribution >= 4 is 47.0 Å². The average Bonchev–Trinajstić information content (AvgIpc) is 3.14. The summed E-state index contributed by atoms with van der Waals surface area (Å²) in [4.78, 5) is 5.46. The summed E-state index contributed by atoms with van der Waals surface area (Å²) >= 11 is 7.40. The lowest BCUT2D eigenvalue weighted by Gasteiger charge is -1.90. The molecule has 0 bridgehead atoms. The first-order chi connectivity index (χ1) is 10.9. The smallest absolute Gasteiger partial charge is 0.0499 e. The first-order valence-corrected chi connectivity index (χ1v) is 10.1. The minimum atomic E-state index is 1.34. The Hall–Kier alpha value is -0.940. The lowest BCUT2D eigenvalue weighted by Crippen LogP contribution is -1.65. The minimum absolute atomic E-state index is 1.34. The van der Waals surface area contributed by atoms with E-state index in [9.17, 15) is 0 Å². The molecule has 0 unspecified atom stereocenters. The van der Waals surface area contributed by atoms with Gasteiger partial charge in [0.15, 0.2) is 0 Å². The fraction of sp³-hybridized carbons (Fsp3) is 0. The molecule has 0 atom stereocenters. The molecule has 0 spiro atoms. The molecular formula is C18H12S4. The number of fused-ring (bicyclic) bond motifs is 2. The van der Waals surface area contributed by atoms with Crippen LogP contribution < -0.4 is 0 Å². The molecule has 0 saturated heterocycles. The van der Waals surface area contributed by atoms with Crippen molar-refractivity contribution in [2.45, 2.75) is 19.6 Å². The van der Waals surface area contributed by atoms with Crippen LogP contribution in [0.4, 0.5) is 0 Å². The average molecular weight is 357 g/mol. The number of rotatable bonds is 2. The van der Waals surface area contributed by atoms with Gasteiger partial charge in [-0.2, -0.15) is 0 Å². The van der Waals surface area contributed by atoms with E-state index in [0.717, 1.165) is 0 Å². The predicted octanol–water partition coefficient (Wildman–Crippen LogP) is 7.02. The Morgan fingerprint density at radius 2 is 0.818 bits per heavy atom. The summed E-state index contributed by atoms with van der Waals surface area (Å²) < 4.78 is 2.68. The van der Waals surface area contributed by atoms with Gasteiger partial charge in [-0.3, -0.25) is 0 Å². The van der Waals surface area contributed by atoms with Gasteiger partial charge in [0.2, 0.25) is 0 Å². The third-order valence-corrected chi connectivity index (χ3v) is 8.03. The Kier molecular flexibility index (Phi) is 4.44. The van der Waals surface area contributed by atoms with Crippen molar-refractivity contribution in [2.75, 3.05) is 0 Å². The number of hydrogen-bond donors (Lipinski definition) is 0. The molecule has 2 aromatic rings. The van der Waals surface area contributed by atoms with Gasteiger partial charge in [0.25, 0.3) is 0 Å². The summed E-state index contributed by atoms with van der Waals surface area (Å²) in [6.45, 7) is 0. The van der Waals surface area contributed by atoms with Gasteiger partial charge in [-0.25, -0.2) is 0 Å². The Morgan fingerprint density at radius 1 is 0.500 bits per heavy atom. The van der Waals surface area contributed by atoms with E-state index in [1.807, 2.05) is 47.0 Å². The molecule has 2 heterocycles. The second-order valence-electron chi connectivity index (χ2n) is 4.66. The maximum absolute atomic E-state index is 2.20. The zero-order valence-electron chi connectivity index (χ0n) is 11.6. The second-order valence-corrected chi connectivity index (χ2v) is 9.51. The molecule has 4 heteroatoms. The Balaban J connectivity index is 1.41. The lowest BCUT2D eigenvalue weighted by molar-refractivity contribution is 1.27. The molecule has 0 amide bonds. The summed E-state index contributed by atoms with van der Waals surface area (Å²) in [5.41, 5.74) is 0. The molecule has 0 aromatic heterocycles. The Morgan fingerprint density at radius 3 is 1.14 bits per heavy atom. The van der Waals surface area contributed by atoms with E-state index in [2.05, 4.69) is 72.8 Å². The van der Waals surface area contributed by atoms with Crippen molar-refractivity contribution < 1.29 is 0 Å². The fourth-order valence-corrected chi connectivity index (χ4v) is 6.74. The molecule has 2 aliphatic heterocycles. The Labute approximate surface area is 147 Å². The highest BCUT2D eigenvalue weighted by Gasteiger charge is 2.16. The van der Waals surface area contributed by atoms with Crippen molar-refractivity contribution in [3.05, 3.63) is 81.3 Å². The van der Waals surface area contributed by atoms with E-state index in [1.165, 1.54) is 28.1 Å². The maximum Gasteiger partial charge on any atom is 0.0499 e. The molecule has 0 radical (unpaired) electrons. The van der Waals surface area contributed by atoms with E-state index in [4.69, 9.17) is 0 Å². The van der Waals surface area contributed by atoms with E-state index in [1.54, 1.807) is 0 Å². The molecule has 2 aromatic carbocycles. The second kappa shape index (κ2) is 6.67. The van der Waals surface area contributed by atoms with Crippen LogP contribution in [-0.4, -0.2) is 0 Å². The molecule has 0 nitrogen and oxygen atoms in total. The maximum atomic E-state index is 2.20. The van der Waals surface area contributed by atoms with Crippen LogP contribution in [0.5, 0.6) is 0 Å². The zero-order chi connectivity index (χ0) is 14.8. The molecule has 0 N–H and O–H groups in total. The summed E-state index contributed by atoms with van der Waals surface area (Å²) in [6.07, 6.45) is 8.67. The van der Waals surface area contributed by atoms with Crippen LogP contribution in [0.1, 0.15) is 0 Å². The summed E-state index contributed by atoms with van der Waals surface area (Å²) in [5, 5.41) is 0.